The molecule has 0 radical (unpaired) electrons. The lowest BCUT2D eigenvalue weighted by Crippen LogP contribution is -2.19. The van der Waals surface area contributed by atoms with E-state index in [-0.39, 0.29) is 10.7 Å². The molecule has 0 fully saturated rings. The summed E-state index contributed by atoms with van der Waals surface area (Å²) in [6.45, 7) is 1.85. The second kappa shape index (κ2) is 4.76. The molecule has 0 aliphatic rings. The highest BCUT2D eigenvalue weighted by atomic mass is 32.2. The minimum atomic E-state index is -3.95. The van der Waals surface area contributed by atoms with Crippen molar-refractivity contribution in [1.82, 2.24) is 14.3 Å². The number of sulfonamides is 1. The standard InChI is InChI=1S/C11H15N5O3S/c1-7-4-5-8(16(7)3)11(17)13-10-9(20(12,18)19)6-15(2)14-10/h4-6H,1-3H3,(H2,12,18,19)(H,13,14,17). The number of nitrogens with zero attached hydrogens (tertiary/aromatic N) is 3. The van der Waals surface area contributed by atoms with E-state index in [4.69, 9.17) is 5.14 Å². The molecule has 0 aliphatic carbocycles. The van der Waals surface area contributed by atoms with Crippen molar-refractivity contribution in [1.29, 1.82) is 0 Å². The molecule has 0 unspecified atom stereocenters. The number of nitrogens with two attached hydrogens (primary N) is 1. The first-order chi connectivity index (χ1) is 9.20. The number of carbonyl (C=O) groups is 1. The number of anilines is 1. The summed E-state index contributed by atoms with van der Waals surface area (Å²) in [5, 5.41) is 11.4. The summed E-state index contributed by atoms with van der Waals surface area (Å²) >= 11 is 0. The molecule has 108 valence electrons. The van der Waals surface area contributed by atoms with Gasteiger partial charge in [0, 0.05) is 26.0 Å². The van der Waals surface area contributed by atoms with Gasteiger partial charge in [0.1, 0.15) is 10.6 Å². The van der Waals surface area contributed by atoms with E-state index in [1.54, 1.807) is 23.7 Å². The van der Waals surface area contributed by atoms with Gasteiger partial charge in [-0.3, -0.25) is 9.48 Å². The summed E-state index contributed by atoms with van der Waals surface area (Å²) in [6.07, 6.45) is 1.24. The molecular weight excluding hydrogens is 282 g/mol. The lowest BCUT2D eigenvalue weighted by atomic mass is 10.4. The van der Waals surface area contributed by atoms with E-state index in [1.807, 2.05) is 6.92 Å². The van der Waals surface area contributed by atoms with Crippen LogP contribution in [0.2, 0.25) is 0 Å². The molecule has 0 saturated heterocycles. The van der Waals surface area contributed by atoms with Crippen LogP contribution >= 0.6 is 0 Å². The SMILES string of the molecule is Cc1ccc(C(=O)Nc2nn(C)cc2S(N)(=O)=O)n1C. The molecular formula is C11H15N5O3S. The van der Waals surface area contributed by atoms with Gasteiger partial charge in [-0.25, -0.2) is 13.6 Å². The summed E-state index contributed by atoms with van der Waals surface area (Å²) in [7, 11) is -0.672. The Balaban J connectivity index is 2.36. The maximum atomic E-state index is 12.1. The smallest absolute Gasteiger partial charge is 0.273 e. The summed E-state index contributed by atoms with van der Waals surface area (Å²) in [5.41, 5.74) is 1.30. The number of rotatable bonds is 3. The molecule has 0 saturated carbocycles. The molecule has 0 bridgehead atoms. The maximum Gasteiger partial charge on any atom is 0.273 e. The second-order valence-corrected chi connectivity index (χ2v) is 5.96. The largest absolute Gasteiger partial charge is 0.344 e. The van der Waals surface area contributed by atoms with Gasteiger partial charge in [0.2, 0.25) is 10.0 Å². The van der Waals surface area contributed by atoms with E-state index >= 15 is 0 Å². The Bertz CT molecular complexity index is 772. The van der Waals surface area contributed by atoms with Crippen molar-refractivity contribution in [3.05, 3.63) is 29.7 Å². The summed E-state index contributed by atoms with van der Waals surface area (Å²) < 4.78 is 25.8. The number of primary sulfonamides is 1. The number of nitrogens with one attached hydrogen (secondary N) is 1. The number of aromatic nitrogens is 3. The van der Waals surface area contributed by atoms with Crippen LogP contribution in [-0.4, -0.2) is 28.7 Å². The molecule has 2 heterocycles. The van der Waals surface area contributed by atoms with Crippen LogP contribution in [0.3, 0.4) is 0 Å². The average Bonchev–Trinajstić information content (AvgIpc) is 2.83. The Kier molecular flexibility index (Phi) is 3.40. The van der Waals surface area contributed by atoms with Gasteiger partial charge in [0.05, 0.1) is 0 Å². The fourth-order valence-corrected chi connectivity index (χ4v) is 2.44. The highest BCUT2D eigenvalue weighted by molar-refractivity contribution is 7.89. The van der Waals surface area contributed by atoms with Crippen LogP contribution in [0.25, 0.3) is 0 Å². The van der Waals surface area contributed by atoms with Gasteiger partial charge in [-0.05, 0) is 19.1 Å². The van der Waals surface area contributed by atoms with Gasteiger partial charge in [-0.15, -0.1) is 0 Å². The number of amides is 1. The Hall–Kier alpha value is -2.13. The van der Waals surface area contributed by atoms with Gasteiger partial charge in [-0.2, -0.15) is 5.10 Å². The lowest BCUT2D eigenvalue weighted by Gasteiger charge is -2.06. The predicted molar refractivity (Wildman–Crippen MR) is 72.7 cm³/mol. The zero-order chi connectivity index (χ0) is 15.1. The summed E-state index contributed by atoms with van der Waals surface area (Å²) in [6, 6.07) is 3.43. The van der Waals surface area contributed by atoms with Gasteiger partial charge in [0.15, 0.2) is 5.82 Å². The number of carbonyl (C=O) groups excluding carboxylic acids is 1. The fraction of sp³-hybridized carbons (Fsp3) is 0.273. The lowest BCUT2D eigenvalue weighted by molar-refractivity contribution is 0.101. The molecule has 2 rings (SSSR count). The normalized spacial score (nSPS) is 11.6. The molecule has 0 atom stereocenters. The number of hydrogen-bond donors (Lipinski definition) is 2. The van der Waals surface area contributed by atoms with Crippen molar-refractivity contribution in [3.8, 4) is 0 Å². The Labute approximate surface area is 116 Å². The zero-order valence-corrected chi connectivity index (χ0v) is 12.1. The van der Waals surface area contributed by atoms with Gasteiger partial charge in [-0.1, -0.05) is 0 Å². The van der Waals surface area contributed by atoms with Crippen LogP contribution in [0.5, 0.6) is 0 Å². The van der Waals surface area contributed by atoms with Crippen LogP contribution in [0.1, 0.15) is 16.2 Å². The third kappa shape index (κ3) is 2.58. The second-order valence-electron chi connectivity index (χ2n) is 4.43. The zero-order valence-electron chi connectivity index (χ0n) is 11.3. The van der Waals surface area contributed by atoms with Crippen molar-refractivity contribution in [2.75, 3.05) is 5.32 Å². The molecule has 3 N–H and O–H groups in total. The molecule has 0 aromatic carbocycles. The molecule has 2 aromatic rings. The van der Waals surface area contributed by atoms with Crippen molar-refractivity contribution >= 4 is 21.7 Å². The Morgan fingerprint density at radius 2 is 2.00 bits per heavy atom. The molecule has 9 heteroatoms. The third-order valence-electron chi connectivity index (χ3n) is 2.94. The average molecular weight is 297 g/mol. The maximum absolute atomic E-state index is 12.1. The van der Waals surface area contributed by atoms with Crippen molar-refractivity contribution in [3.63, 3.8) is 0 Å². The van der Waals surface area contributed by atoms with E-state index in [0.29, 0.717) is 5.69 Å². The monoisotopic (exact) mass is 297 g/mol. The first-order valence-corrected chi connectivity index (χ1v) is 7.25. The van der Waals surface area contributed by atoms with E-state index in [1.165, 1.54) is 17.9 Å². The molecule has 8 nitrogen and oxygen atoms in total. The fourth-order valence-electron chi connectivity index (χ4n) is 1.77. The third-order valence-corrected chi connectivity index (χ3v) is 3.85. The Morgan fingerprint density at radius 3 is 2.50 bits per heavy atom. The van der Waals surface area contributed by atoms with Crippen molar-refractivity contribution in [2.45, 2.75) is 11.8 Å². The highest BCUT2D eigenvalue weighted by Gasteiger charge is 2.21. The number of hydrogen-bond acceptors (Lipinski definition) is 4. The van der Waals surface area contributed by atoms with E-state index in [0.717, 1.165) is 5.69 Å². The van der Waals surface area contributed by atoms with E-state index in [2.05, 4.69) is 10.4 Å². The minimum Gasteiger partial charge on any atom is -0.344 e. The summed E-state index contributed by atoms with van der Waals surface area (Å²) in [4.78, 5) is 11.9. The first kappa shape index (κ1) is 14.3. The molecule has 0 aliphatic heterocycles. The van der Waals surface area contributed by atoms with Crippen LogP contribution in [-0.2, 0) is 24.1 Å². The molecule has 20 heavy (non-hydrogen) atoms. The predicted octanol–water partition coefficient (Wildman–Crippen LogP) is -0.0333. The van der Waals surface area contributed by atoms with Crippen LogP contribution in [0.15, 0.2) is 23.2 Å². The quantitative estimate of drug-likeness (QED) is 0.828. The van der Waals surface area contributed by atoms with Gasteiger partial charge >= 0.3 is 0 Å². The Morgan fingerprint density at radius 1 is 1.35 bits per heavy atom. The molecule has 2 aromatic heterocycles. The van der Waals surface area contributed by atoms with Crippen LogP contribution in [0, 0.1) is 6.92 Å². The molecule has 1 amide bonds. The highest BCUT2D eigenvalue weighted by Crippen LogP contribution is 2.18. The number of aryl methyl sites for hydroxylation is 2. The first-order valence-electron chi connectivity index (χ1n) is 5.70. The van der Waals surface area contributed by atoms with Crippen LogP contribution < -0.4 is 10.5 Å². The van der Waals surface area contributed by atoms with E-state index < -0.39 is 15.9 Å². The molecule has 0 spiro atoms. The summed E-state index contributed by atoms with van der Waals surface area (Å²) in [5.74, 6) is -0.539. The van der Waals surface area contributed by atoms with Gasteiger partial charge < -0.3 is 9.88 Å². The van der Waals surface area contributed by atoms with Crippen molar-refractivity contribution in [2.24, 2.45) is 19.2 Å². The van der Waals surface area contributed by atoms with Crippen LogP contribution in [0.4, 0.5) is 5.82 Å². The topological polar surface area (TPSA) is 112 Å². The van der Waals surface area contributed by atoms with Crippen molar-refractivity contribution < 1.29 is 13.2 Å². The van der Waals surface area contributed by atoms with Gasteiger partial charge in [0.25, 0.3) is 5.91 Å². The minimum absolute atomic E-state index is 0.0844. The van der Waals surface area contributed by atoms with E-state index in [9.17, 15) is 13.2 Å².